The number of nitrogens with zero attached hydrogens (tertiary/aromatic N) is 1. The van der Waals surface area contributed by atoms with Crippen LogP contribution in [0.15, 0.2) is 64.1 Å². The van der Waals surface area contributed by atoms with Crippen molar-refractivity contribution in [2.75, 3.05) is 6.61 Å². The number of hydrogen-bond donors (Lipinski definition) is 1. The molecule has 7 heteroatoms. The third-order valence-corrected chi connectivity index (χ3v) is 4.31. The minimum atomic E-state index is -0.390. The van der Waals surface area contributed by atoms with Crippen molar-refractivity contribution in [1.29, 1.82) is 0 Å². The Kier molecular flexibility index (Phi) is 6.16. The van der Waals surface area contributed by atoms with Gasteiger partial charge in [0.05, 0.1) is 6.21 Å². The summed E-state index contributed by atoms with van der Waals surface area (Å²) in [6, 6.07) is 16.0. The first-order chi connectivity index (χ1) is 13.0. The fourth-order valence-corrected chi connectivity index (χ4v) is 2.51. The van der Waals surface area contributed by atoms with Gasteiger partial charge >= 0.3 is 0 Å². The molecule has 0 saturated heterocycles. The molecule has 0 unspecified atom stereocenters. The molecule has 3 rings (SSSR count). The number of furan rings is 1. The van der Waals surface area contributed by atoms with E-state index in [1.54, 1.807) is 30.3 Å². The molecule has 138 valence electrons. The minimum absolute atomic E-state index is 0.162. The summed E-state index contributed by atoms with van der Waals surface area (Å²) in [4.78, 5) is 11.7. The van der Waals surface area contributed by atoms with Gasteiger partial charge in [0.1, 0.15) is 17.3 Å². The van der Waals surface area contributed by atoms with E-state index in [1.165, 1.54) is 6.21 Å². The van der Waals surface area contributed by atoms with E-state index in [1.807, 2.05) is 31.2 Å². The first kappa shape index (κ1) is 19.0. The van der Waals surface area contributed by atoms with Crippen molar-refractivity contribution in [2.24, 2.45) is 5.10 Å². The molecule has 0 aliphatic rings. The molecule has 5 nitrogen and oxygen atoms in total. The van der Waals surface area contributed by atoms with Crippen LogP contribution in [0.25, 0.3) is 11.3 Å². The van der Waals surface area contributed by atoms with Crippen molar-refractivity contribution in [3.63, 3.8) is 0 Å². The largest absolute Gasteiger partial charge is 0.484 e. The number of hydrogen-bond acceptors (Lipinski definition) is 4. The molecular formula is C20H16Cl2N2O3. The Morgan fingerprint density at radius 2 is 1.93 bits per heavy atom. The van der Waals surface area contributed by atoms with Gasteiger partial charge < -0.3 is 9.15 Å². The zero-order chi connectivity index (χ0) is 19.2. The highest BCUT2D eigenvalue weighted by Crippen LogP contribution is 2.26. The topological polar surface area (TPSA) is 63.8 Å². The Morgan fingerprint density at radius 3 is 2.67 bits per heavy atom. The number of benzene rings is 2. The van der Waals surface area contributed by atoms with E-state index in [9.17, 15) is 4.79 Å². The van der Waals surface area contributed by atoms with Crippen LogP contribution in [0.2, 0.25) is 10.0 Å². The van der Waals surface area contributed by atoms with Crippen LogP contribution >= 0.6 is 23.2 Å². The smallest absolute Gasteiger partial charge is 0.277 e. The van der Waals surface area contributed by atoms with E-state index in [0.717, 1.165) is 11.1 Å². The van der Waals surface area contributed by atoms with Gasteiger partial charge in [0.25, 0.3) is 5.91 Å². The number of hydrazone groups is 1. The number of rotatable bonds is 6. The van der Waals surface area contributed by atoms with Gasteiger partial charge in [-0.05, 0) is 55.0 Å². The van der Waals surface area contributed by atoms with E-state index in [-0.39, 0.29) is 6.61 Å². The maximum Gasteiger partial charge on any atom is 0.277 e. The van der Waals surface area contributed by atoms with E-state index >= 15 is 0 Å². The summed E-state index contributed by atoms with van der Waals surface area (Å²) >= 11 is 11.9. The Labute approximate surface area is 166 Å². The highest BCUT2D eigenvalue weighted by Gasteiger charge is 2.06. The molecule has 27 heavy (non-hydrogen) atoms. The summed E-state index contributed by atoms with van der Waals surface area (Å²) < 4.78 is 11.0. The summed E-state index contributed by atoms with van der Waals surface area (Å²) in [6.45, 7) is 1.77. The Morgan fingerprint density at radius 1 is 1.15 bits per heavy atom. The molecule has 0 bridgehead atoms. The van der Waals surface area contributed by atoms with Crippen LogP contribution in [0.4, 0.5) is 0 Å². The summed E-state index contributed by atoms with van der Waals surface area (Å²) in [5.41, 5.74) is 4.24. The van der Waals surface area contributed by atoms with E-state index in [2.05, 4.69) is 10.5 Å². The van der Waals surface area contributed by atoms with Crippen molar-refractivity contribution in [1.82, 2.24) is 5.43 Å². The van der Waals surface area contributed by atoms with E-state index in [4.69, 9.17) is 32.4 Å². The average molecular weight is 403 g/mol. The Hall–Kier alpha value is -2.76. The predicted molar refractivity (Wildman–Crippen MR) is 107 cm³/mol. The Bertz CT molecular complexity index is 966. The normalized spacial score (nSPS) is 10.9. The molecule has 1 aromatic heterocycles. The third-order valence-electron chi connectivity index (χ3n) is 3.65. The molecule has 1 amide bonds. The van der Waals surface area contributed by atoms with Gasteiger partial charge in [0.2, 0.25) is 0 Å². The number of carbonyl (C=O) groups excluding carboxylic acids is 1. The first-order valence-corrected chi connectivity index (χ1v) is 8.83. The second-order valence-electron chi connectivity index (χ2n) is 5.70. The first-order valence-electron chi connectivity index (χ1n) is 8.08. The maximum atomic E-state index is 11.7. The second kappa shape index (κ2) is 8.75. The Balaban J connectivity index is 1.52. The highest BCUT2D eigenvalue weighted by molar-refractivity contribution is 6.31. The van der Waals surface area contributed by atoms with Crippen LogP contribution in [0.5, 0.6) is 5.75 Å². The lowest BCUT2D eigenvalue weighted by Gasteiger charge is -2.04. The molecule has 0 spiro atoms. The van der Waals surface area contributed by atoms with Gasteiger partial charge in [-0.25, -0.2) is 5.43 Å². The third kappa shape index (κ3) is 5.36. The molecule has 0 fully saturated rings. The number of amides is 1. The van der Waals surface area contributed by atoms with Crippen LogP contribution in [0.1, 0.15) is 11.3 Å². The number of ether oxygens (including phenoxy) is 1. The average Bonchev–Trinajstić information content (AvgIpc) is 3.12. The van der Waals surface area contributed by atoms with Gasteiger partial charge in [-0.15, -0.1) is 0 Å². The van der Waals surface area contributed by atoms with Crippen LogP contribution in [0.3, 0.4) is 0 Å². The molecule has 2 aromatic carbocycles. The van der Waals surface area contributed by atoms with Crippen LogP contribution < -0.4 is 10.2 Å². The van der Waals surface area contributed by atoms with Crippen molar-refractivity contribution in [2.45, 2.75) is 6.92 Å². The molecule has 0 aliphatic carbocycles. The molecule has 0 radical (unpaired) electrons. The SMILES string of the molecule is Cc1ccc(-c2ccc(/C=N\NC(=O)COc3ccc(Cl)cc3)o2)cc1Cl. The van der Waals surface area contributed by atoms with Gasteiger partial charge in [0, 0.05) is 15.6 Å². The second-order valence-corrected chi connectivity index (χ2v) is 6.55. The van der Waals surface area contributed by atoms with Crippen LogP contribution in [-0.4, -0.2) is 18.7 Å². The molecule has 1 N–H and O–H groups in total. The number of nitrogens with one attached hydrogen (secondary N) is 1. The predicted octanol–water partition coefficient (Wildman–Crippen LogP) is 5.09. The van der Waals surface area contributed by atoms with Gasteiger partial charge in [-0.2, -0.15) is 5.10 Å². The van der Waals surface area contributed by atoms with Crippen molar-refractivity contribution < 1.29 is 13.9 Å². The summed E-state index contributed by atoms with van der Waals surface area (Å²) in [7, 11) is 0. The summed E-state index contributed by atoms with van der Waals surface area (Å²) in [5.74, 6) is 1.32. The van der Waals surface area contributed by atoms with Gasteiger partial charge in [-0.1, -0.05) is 35.3 Å². The fraction of sp³-hybridized carbons (Fsp3) is 0.100. The molecule has 0 saturated carbocycles. The lowest BCUT2D eigenvalue weighted by molar-refractivity contribution is -0.123. The van der Waals surface area contributed by atoms with Crippen molar-refractivity contribution >= 4 is 35.3 Å². The zero-order valence-electron chi connectivity index (χ0n) is 14.4. The van der Waals surface area contributed by atoms with Crippen molar-refractivity contribution in [3.05, 3.63) is 76.0 Å². The highest BCUT2D eigenvalue weighted by atomic mass is 35.5. The van der Waals surface area contributed by atoms with E-state index in [0.29, 0.717) is 27.3 Å². The maximum absolute atomic E-state index is 11.7. The lowest BCUT2D eigenvalue weighted by atomic mass is 10.1. The van der Waals surface area contributed by atoms with Crippen molar-refractivity contribution in [3.8, 4) is 17.1 Å². The number of halogens is 2. The van der Waals surface area contributed by atoms with E-state index < -0.39 is 5.91 Å². The summed E-state index contributed by atoms with van der Waals surface area (Å²) in [6.07, 6.45) is 1.42. The van der Waals surface area contributed by atoms with Crippen LogP contribution in [0, 0.1) is 6.92 Å². The molecular weight excluding hydrogens is 387 g/mol. The minimum Gasteiger partial charge on any atom is -0.484 e. The van der Waals surface area contributed by atoms with Crippen LogP contribution in [-0.2, 0) is 4.79 Å². The monoisotopic (exact) mass is 402 g/mol. The zero-order valence-corrected chi connectivity index (χ0v) is 15.9. The van der Waals surface area contributed by atoms with Gasteiger partial charge in [-0.3, -0.25) is 4.79 Å². The molecule has 0 aliphatic heterocycles. The molecule has 0 atom stereocenters. The fourth-order valence-electron chi connectivity index (χ4n) is 2.20. The molecule has 1 heterocycles. The number of aryl methyl sites for hydroxylation is 1. The standard InChI is InChI=1S/C20H16Cl2N2O3/c1-13-2-3-14(10-18(13)22)19-9-8-17(27-19)11-23-24-20(25)12-26-16-6-4-15(21)5-7-16/h2-11H,12H2,1H3,(H,24,25)/b23-11-. The lowest BCUT2D eigenvalue weighted by Crippen LogP contribution is -2.24. The number of carbonyl (C=O) groups is 1. The quantitative estimate of drug-likeness (QED) is 0.461. The summed E-state index contributed by atoms with van der Waals surface area (Å²) in [5, 5.41) is 5.13. The van der Waals surface area contributed by atoms with Gasteiger partial charge in [0.15, 0.2) is 6.61 Å². The molecule has 3 aromatic rings.